The Morgan fingerprint density at radius 1 is 1.67 bits per heavy atom. The maximum atomic E-state index is 9.33. The van der Waals surface area contributed by atoms with Crippen LogP contribution < -0.4 is 16.4 Å². The minimum absolute atomic E-state index is 0.764. The van der Waals surface area contributed by atoms with E-state index in [-0.39, 0.29) is 0 Å². The van der Waals surface area contributed by atoms with Crippen molar-refractivity contribution in [3.8, 4) is 0 Å². The third-order valence-corrected chi connectivity index (χ3v) is 1.20. The molecule has 0 aliphatic carbocycles. The Bertz CT molecular complexity index is 136. The van der Waals surface area contributed by atoms with Gasteiger partial charge in [-0.3, -0.25) is 0 Å². The molecular formula is C5H12N3O+. The molecule has 0 aromatic heterocycles. The second-order valence-electron chi connectivity index (χ2n) is 2.57. The van der Waals surface area contributed by atoms with E-state index in [9.17, 15) is 5.11 Å². The third-order valence-electron chi connectivity index (χ3n) is 1.20. The Morgan fingerprint density at radius 2 is 2.33 bits per heavy atom. The summed E-state index contributed by atoms with van der Waals surface area (Å²) < 4.78 is 0. The Hall–Kier alpha value is -0.740. The first-order valence-electron chi connectivity index (χ1n) is 2.88. The number of rotatable bonds is 1. The molecule has 52 valence electrons. The molecule has 0 spiro atoms. The number of nitrogens with one attached hydrogen (secondary N) is 2. The highest BCUT2D eigenvalue weighted by atomic mass is 16.3. The van der Waals surface area contributed by atoms with Gasteiger partial charge in [-0.05, 0) is 13.8 Å². The summed E-state index contributed by atoms with van der Waals surface area (Å²) in [4.78, 5) is 0. The fraction of sp³-hybridized carbons (Fsp3) is 0.600. The molecule has 4 nitrogen and oxygen atoms in total. The molecule has 4 heteroatoms. The molecule has 1 aliphatic rings. The van der Waals surface area contributed by atoms with E-state index in [0.717, 1.165) is 5.70 Å². The standard InChI is InChI=1S/C5H11N3O/c1-5(2,9)4-3-6-8-7-4/h3,6-9H,1-2H3/p+1. The molecule has 0 bridgehead atoms. The van der Waals surface area contributed by atoms with Gasteiger partial charge >= 0.3 is 0 Å². The number of hydrogen-bond donors (Lipinski definition) is 4. The average molecular weight is 130 g/mol. The van der Waals surface area contributed by atoms with Crippen LogP contribution in [0.2, 0.25) is 0 Å². The van der Waals surface area contributed by atoms with Crippen LogP contribution in [0.4, 0.5) is 0 Å². The molecular weight excluding hydrogens is 118 g/mol. The molecule has 1 rings (SSSR count). The summed E-state index contributed by atoms with van der Waals surface area (Å²) in [6.07, 6.45) is 1.74. The lowest BCUT2D eigenvalue weighted by Crippen LogP contribution is -2.96. The van der Waals surface area contributed by atoms with Crippen molar-refractivity contribution in [3.05, 3.63) is 11.9 Å². The van der Waals surface area contributed by atoms with Crippen LogP contribution >= 0.6 is 0 Å². The van der Waals surface area contributed by atoms with Gasteiger partial charge in [-0.2, -0.15) is 5.53 Å². The summed E-state index contributed by atoms with van der Waals surface area (Å²) in [6.45, 7) is 3.46. The lowest BCUT2D eigenvalue weighted by Gasteiger charge is -2.15. The first-order valence-corrected chi connectivity index (χ1v) is 2.88. The van der Waals surface area contributed by atoms with E-state index >= 15 is 0 Å². The highest BCUT2D eigenvalue weighted by Crippen LogP contribution is 2.09. The van der Waals surface area contributed by atoms with Crippen molar-refractivity contribution < 1.29 is 10.6 Å². The summed E-state index contributed by atoms with van der Waals surface area (Å²) in [5, 5.41) is 9.33. The SMILES string of the molecule is CC(C)(O)C1=CN[NH2+]N1. The molecule has 1 aliphatic heterocycles. The van der Waals surface area contributed by atoms with Crippen molar-refractivity contribution >= 4 is 0 Å². The third kappa shape index (κ3) is 1.34. The summed E-state index contributed by atoms with van der Waals surface area (Å²) in [5.74, 6) is 0. The quantitative estimate of drug-likeness (QED) is 0.316. The van der Waals surface area contributed by atoms with Crippen LogP contribution in [0.25, 0.3) is 0 Å². The maximum Gasteiger partial charge on any atom is 0.117 e. The first kappa shape index (κ1) is 6.38. The number of hydrogen-bond acceptors (Lipinski definition) is 3. The van der Waals surface area contributed by atoms with Crippen molar-refractivity contribution in [1.29, 1.82) is 0 Å². The topological polar surface area (TPSA) is 60.9 Å². The lowest BCUT2D eigenvalue weighted by molar-refractivity contribution is -0.740. The molecule has 1 heterocycles. The number of quaternary nitrogens is 1. The smallest absolute Gasteiger partial charge is 0.117 e. The molecule has 0 fully saturated rings. The van der Waals surface area contributed by atoms with Gasteiger partial charge < -0.3 is 5.11 Å². The van der Waals surface area contributed by atoms with Gasteiger partial charge in [0.25, 0.3) is 0 Å². The molecule has 0 saturated carbocycles. The van der Waals surface area contributed by atoms with Gasteiger partial charge in [-0.1, -0.05) is 0 Å². The molecule has 0 atom stereocenters. The highest BCUT2D eigenvalue weighted by molar-refractivity contribution is 5.08. The second kappa shape index (κ2) is 1.89. The van der Waals surface area contributed by atoms with Crippen molar-refractivity contribution in [2.24, 2.45) is 0 Å². The molecule has 5 N–H and O–H groups in total. The summed E-state index contributed by atoms with van der Waals surface area (Å²) in [6, 6.07) is 0. The van der Waals surface area contributed by atoms with Gasteiger partial charge in [-0.25, -0.2) is 10.9 Å². The highest BCUT2D eigenvalue weighted by Gasteiger charge is 2.23. The Morgan fingerprint density at radius 3 is 2.56 bits per heavy atom. The van der Waals surface area contributed by atoms with Gasteiger partial charge in [0, 0.05) is 0 Å². The molecule has 0 aromatic carbocycles. The van der Waals surface area contributed by atoms with E-state index in [1.807, 2.05) is 0 Å². The van der Waals surface area contributed by atoms with Gasteiger partial charge in [0.15, 0.2) is 0 Å². The Labute approximate surface area is 53.9 Å². The van der Waals surface area contributed by atoms with Crippen molar-refractivity contribution in [1.82, 2.24) is 10.9 Å². The fourth-order valence-corrected chi connectivity index (χ4v) is 0.639. The van der Waals surface area contributed by atoms with Gasteiger partial charge in [-0.15, -0.1) is 0 Å². The molecule has 0 aromatic rings. The van der Waals surface area contributed by atoms with Crippen LogP contribution in [-0.4, -0.2) is 10.7 Å². The maximum absolute atomic E-state index is 9.33. The Kier molecular flexibility index (Phi) is 1.34. The number of aliphatic hydroxyl groups is 1. The molecule has 9 heavy (non-hydrogen) atoms. The van der Waals surface area contributed by atoms with E-state index in [4.69, 9.17) is 0 Å². The largest absolute Gasteiger partial charge is 0.384 e. The van der Waals surface area contributed by atoms with E-state index in [1.54, 1.807) is 25.6 Å². The zero-order chi connectivity index (χ0) is 6.91. The van der Waals surface area contributed by atoms with Gasteiger partial charge in [0.1, 0.15) is 11.3 Å². The summed E-state index contributed by atoms with van der Waals surface area (Å²) in [7, 11) is 0. The fourth-order valence-electron chi connectivity index (χ4n) is 0.639. The average Bonchev–Trinajstić information content (AvgIpc) is 2.08. The minimum atomic E-state index is -0.764. The molecule has 0 amide bonds. The monoisotopic (exact) mass is 130 g/mol. The van der Waals surface area contributed by atoms with Crippen LogP contribution in [0.1, 0.15) is 13.8 Å². The minimum Gasteiger partial charge on any atom is -0.384 e. The zero-order valence-electron chi connectivity index (χ0n) is 5.60. The normalized spacial score (nSPS) is 18.3. The molecule has 0 saturated heterocycles. The second-order valence-corrected chi connectivity index (χ2v) is 2.57. The van der Waals surface area contributed by atoms with Gasteiger partial charge in [0.05, 0.1) is 6.20 Å². The van der Waals surface area contributed by atoms with Crippen LogP contribution in [0.5, 0.6) is 0 Å². The van der Waals surface area contributed by atoms with Crippen LogP contribution in [-0.2, 0) is 0 Å². The van der Waals surface area contributed by atoms with Crippen molar-refractivity contribution in [3.63, 3.8) is 0 Å². The number of nitrogens with two attached hydrogens (primary N) is 1. The van der Waals surface area contributed by atoms with Crippen LogP contribution in [0.3, 0.4) is 0 Å². The van der Waals surface area contributed by atoms with E-state index in [0.29, 0.717) is 0 Å². The lowest BCUT2D eigenvalue weighted by atomic mass is 10.1. The van der Waals surface area contributed by atoms with E-state index in [1.165, 1.54) is 0 Å². The summed E-state index contributed by atoms with van der Waals surface area (Å²) >= 11 is 0. The van der Waals surface area contributed by atoms with E-state index in [2.05, 4.69) is 10.9 Å². The van der Waals surface area contributed by atoms with Crippen molar-refractivity contribution in [2.75, 3.05) is 0 Å². The summed E-state index contributed by atoms with van der Waals surface area (Å²) in [5.41, 5.74) is 7.40. The van der Waals surface area contributed by atoms with Crippen LogP contribution in [0.15, 0.2) is 11.9 Å². The van der Waals surface area contributed by atoms with Crippen LogP contribution in [0, 0.1) is 0 Å². The predicted molar refractivity (Wildman–Crippen MR) is 32.6 cm³/mol. The first-order chi connectivity index (χ1) is 4.11. The van der Waals surface area contributed by atoms with Gasteiger partial charge in [0.2, 0.25) is 0 Å². The molecule has 0 unspecified atom stereocenters. The van der Waals surface area contributed by atoms with Crippen molar-refractivity contribution in [2.45, 2.75) is 19.4 Å². The Balaban J connectivity index is 2.61. The molecule has 0 radical (unpaired) electrons. The van der Waals surface area contributed by atoms with E-state index < -0.39 is 5.60 Å². The predicted octanol–water partition coefficient (Wildman–Crippen LogP) is -1.82. The zero-order valence-corrected chi connectivity index (χ0v) is 5.60.